The van der Waals surface area contributed by atoms with Gasteiger partial charge in [0.25, 0.3) is 5.91 Å². The summed E-state index contributed by atoms with van der Waals surface area (Å²) in [7, 11) is 1.56. The minimum Gasteiger partial charge on any atom is -0.497 e. The van der Waals surface area contributed by atoms with E-state index in [4.69, 9.17) is 9.47 Å². The van der Waals surface area contributed by atoms with Gasteiger partial charge in [0.1, 0.15) is 5.75 Å². The molecule has 1 unspecified atom stereocenters. The molecule has 34 heavy (non-hydrogen) atoms. The Labute approximate surface area is 200 Å². The van der Waals surface area contributed by atoms with Crippen molar-refractivity contribution in [3.05, 3.63) is 59.7 Å². The molecule has 8 nitrogen and oxygen atoms in total. The Morgan fingerprint density at radius 3 is 2.53 bits per heavy atom. The largest absolute Gasteiger partial charge is 0.497 e. The molecule has 0 N–H and O–H groups in total. The highest BCUT2D eigenvalue weighted by Gasteiger charge is 2.36. The number of methoxy groups -OCH3 is 1. The van der Waals surface area contributed by atoms with Crippen molar-refractivity contribution in [3.8, 4) is 5.75 Å². The van der Waals surface area contributed by atoms with Gasteiger partial charge in [-0.3, -0.25) is 19.3 Å². The molecular formula is C26H31N3O5. The topological polar surface area (TPSA) is 79.4 Å². The van der Waals surface area contributed by atoms with Gasteiger partial charge in [-0.05, 0) is 24.6 Å². The highest BCUT2D eigenvalue weighted by molar-refractivity contribution is 5.99. The van der Waals surface area contributed by atoms with Gasteiger partial charge in [-0.2, -0.15) is 0 Å². The smallest absolute Gasteiger partial charge is 0.311 e. The predicted octanol–water partition coefficient (Wildman–Crippen LogP) is 2.24. The first-order valence-corrected chi connectivity index (χ1v) is 11.6. The number of nitrogens with zero attached hydrogens (tertiary/aromatic N) is 3. The molecule has 1 atom stereocenters. The molecule has 2 amide bonds. The Kier molecular flexibility index (Phi) is 7.47. The number of piperazine rings is 1. The lowest BCUT2D eigenvalue weighted by atomic mass is 10.1. The number of rotatable bonds is 7. The summed E-state index contributed by atoms with van der Waals surface area (Å²) >= 11 is 0. The molecule has 0 aliphatic carbocycles. The van der Waals surface area contributed by atoms with Crippen LogP contribution in [0.15, 0.2) is 48.5 Å². The molecular weight excluding hydrogens is 434 g/mol. The Balaban J connectivity index is 1.22. The van der Waals surface area contributed by atoms with E-state index in [-0.39, 0.29) is 31.4 Å². The van der Waals surface area contributed by atoms with Crippen molar-refractivity contribution in [3.63, 3.8) is 0 Å². The van der Waals surface area contributed by atoms with Crippen molar-refractivity contribution in [2.45, 2.75) is 19.9 Å². The monoisotopic (exact) mass is 465 g/mol. The molecule has 2 fully saturated rings. The predicted molar refractivity (Wildman–Crippen MR) is 127 cm³/mol. The van der Waals surface area contributed by atoms with Gasteiger partial charge in [0.2, 0.25) is 5.91 Å². The number of benzene rings is 2. The van der Waals surface area contributed by atoms with Crippen LogP contribution in [0.2, 0.25) is 0 Å². The number of ether oxygens (including phenoxy) is 2. The average molecular weight is 466 g/mol. The number of hydrogen-bond acceptors (Lipinski definition) is 6. The van der Waals surface area contributed by atoms with Crippen molar-refractivity contribution in [1.29, 1.82) is 0 Å². The third-order valence-corrected chi connectivity index (χ3v) is 6.37. The van der Waals surface area contributed by atoms with E-state index in [1.807, 2.05) is 0 Å². The van der Waals surface area contributed by atoms with Crippen LogP contribution in [0.5, 0.6) is 5.75 Å². The van der Waals surface area contributed by atoms with Crippen molar-refractivity contribution in [1.82, 2.24) is 9.80 Å². The zero-order valence-electron chi connectivity index (χ0n) is 19.7. The van der Waals surface area contributed by atoms with Crippen LogP contribution in [-0.2, 0) is 25.7 Å². The highest BCUT2D eigenvalue weighted by atomic mass is 16.5. The SMILES string of the molecule is COc1cccc(N2CC(C(=O)OCC(=O)N3CCN(Cc4cccc(C)c4)CC3)CC2=O)c1. The Bertz CT molecular complexity index is 1050. The number of carbonyl (C=O) groups excluding carboxylic acids is 3. The number of esters is 1. The first kappa shape index (κ1) is 23.8. The second kappa shape index (κ2) is 10.7. The van der Waals surface area contributed by atoms with Crippen LogP contribution in [0.1, 0.15) is 17.5 Å². The molecule has 4 rings (SSSR count). The molecule has 8 heteroatoms. The lowest BCUT2D eigenvalue weighted by Gasteiger charge is -2.34. The molecule has 0 radical (unpaired) electrons. The zero-order chi connectivity index (χ0) is 24.1. The first-order chi connectivity index (χ1) is 16.4. The van der Waals surface area contributed by atoms with Crippen LogP contribution >= 0.6 is 0 Å². The standard InChI is InChI=1S/C26H31N3O5/c1-19-5-3-6-20(13-19)16-27-9-11-28(12-10-27)25(31)18-34-26(32)21-14-24(30)29(17-21)22-7-4-8-23(15-22)33-2/h3-8,13,15,21H,9-12,14,16-18H2,1-2H3. The summed E-state index contributed by atoms with van der Waals surface area (Å²) in [6.45, 7) is 5.65. The molecule has 2 aliphatic heterocycles. The number of hydrogen-bond donors (Lipinski definition) is 0. The van der Waals surface area contributed by atoms with Crippen LogP contribution in [0.4, 0.5) is 5.69 Å². The third-order valence-electron chi connectivity index (χ3n) is 6.37. The van der Waals surface area contributed by atoms with Crippen LogP contribution in [0.3, 0.4) is 0 Å². The van der Waals surface area contributed by atoms with Crippen LogP contribution < -0.4 is 9.64 Å². The second-order valence-electron chi connectivity index (χ2n) is 8.86. The fourth-order valence-corrected chi connectivity index (χ4v) is 4.46. The van der Waals surface area contributed by atoms with Crippen LogP contribution in [0.25, 0.3) is 0 Å². The fraction of sp³-hybridized carbons (Fsp3) is 0.423. The van der Waals surface area contributed by atoms with Crippen molar-refractivity contribution in [2.24, 2.45) is 5.92 Å². The van der Waals surface area contributed by atoms with E-state index in [0.29, 0.717) is 24.5 Å². The van der Waals surface area contributed by atoms with Gasteiger partial charge in [0.15, 0.2) is 6.61 Å². The summed E-state index contributed by atoms with van der Waals surface area (Å²) in [5, 5.41) is 0. The molecule has 0 aromatic heterocycles. The summed E-state index contributed by atoms with van der Waals surface area (Å²) in [6.07, 6.45) is 0.0713. The fourth-order valence-electron chi connectivity index (χ4n) is 4.46. The molecule has 2 aliphatic rings. The van der Waals surface area contributed by atoms with Gasteiger partial charge in [-0.1, -0.05) is 35.9 Å². The van der Waals surface area contributed by atoms with Crippen molar-refractivity contribution in [2.75, 3.05) is 51.3 Å². The van der Waals surface area contributed by atoms with E-state index >= 15 is 0 Å². The van der Waals surface area contributed by atoms with E-state index in [1.54, 1.807) is 41.2 Å². The van der Waals surface area contributed by atoms with E-state index in [9.17, 15) is 14.4 Å². The molecule has 0 saturated carbocycles. The Morgan fingerprint density at radius 1 is 1.03 bits per heavy atom. The lowest BCUT2D eigenvalue weighted by molar-refractivity contribution is -0.155. The number of amides is 2. The second-order valence-corrected chi connectivity index (χ2v) is 8.86. The summed E-state index contributed by atoms with van der Waals surface area (Å²) in [5.74, 6) is -0.799. The average Bonchev–Trinajstić information content (AvgIpc) is 3.24. The van der Waals surface area contributed by atoms with Crippen molar-refractivity contribution >= 4 is 23.5 Å². The van der Waals surface area contributed by atoms with Gasteiger partial charge < -0.3 is 19.3 Å². The van der Waals surface area contributed by atoms with Crippen molar-refractivity contribution < 1.29 is 23.9 Å². The quantitative estimate of drug-likeness (QED) is 0.584. The van der Waals surface area contributed by atoms with Gasteiger partial charge >= 0.3 is 5.97 Å². The molecule has 2 heterocycles. The third kappa shape index (κ3) is 5.75. The molecule has 0 bridgehead atoms. The summed E-state index contributed by atoms with van der Waals surface area (Å²) in [4.78, 5) is 43.2. The number of anilines is 1. The molecule has 2 aromatic carbocycles. The minimum absolute atomic E-state index is 0.0713. The normalized spacial score (nSPS) is 18.8. The molecule has 180 valence electrons. The van der Waals surface area contributed by atoms with E-state index in [1.165, 1.54) is 11.1 Å². The zero-order valence-corrected chi connectivity index (χ0v) is 19.7. The molecule has 2 saturated heterocycles. The number of carbonyl (C=O) groups is 3. The van der Waals surface area contributed by atoms with Gasteiger partial charge in [-0.15, -0.1) is 0 Å². The Morgan fingerprint density at radius 2 is 1.79 bits per heavy atom. The maximum Gasteiger partial charge on any atom is 0.311 e. The van der Waals surface area contributed by atoms with Gasteiger partial charge in [0, 0.05) is 57.4 Å². The van der Waals surface area contributed by atoms with E-state index in [2.05, 4.69) is 36.1 Å². The Hall–Kier alpha value is -3.39. The van der Waals surface area contributed by atoms with Gasteiger partial charge in [-0.25, -0.2) is 0 Å². The molecule has 2 aromatic rings. The van der Waals surface area contributed by atoms with E-state index < -0.39 is 11.9 Å². The van der Waals surface area contributed by atoms with Crippen LogP contribution in [0, 0.1) is 12.8 Å². The molecule has 0 spiro atoms. The summed E-state index contributed by atoms with van der Waals surface area (Å²) in [6, 6.07) is 15.6. The summed E-state index contributed by atoms with van der Waals surface area (Å²) in [5.41, 5.74) is 3.19. The highest BCUT2D eigenvalue weighted by Crippen LogP contribution is 2.28. The van der Waals surface area contributed by atoms with Crippen LogP contribution in [-0.4, -0.2) is 74.0 Å². The maximum atomic E-state index is 12.6. The first-order valence-electron chi connectivity index (χ1n) is 11.6. The van der Waals surface area contributed by atoms with E-state index in [0.717, 1.165) is 19.6 Å². The lowest BCUT2D eigenvalue weighted by Crippen LogP contribution is -2.49. The maximum absolute atomic E-state index is 12.6. The summed E-state index contributed by atoms with van der Waals surface area (Å²) < 4.78 is 10.5. The number of aryl methyl sites for hydroxylation is 1. The minimum atomic E-state index is -0.585. The van der Waals surface area contributed by atoms with Gasteiger partial charge in [0.05, 0.1) is 13.0 Å².